The minimum absolute atomic E-state index is 0.241. The molecule has 1 unspecified atom stereocenters. The molecule has 0 spiro atoms. The summed E-state index contributed by atoms with van der Waals surface area (Å²) in [7, 11) is 0. The van der Waals surface area contributed by atoms with Crippen molar-refractivity contribution in [3.05, 3.63) is 23.8 Å². The summed E-state index contributed by atoms with van der Waals surface area (Å²) in [5.74, 6) is 1.94. The summed E-state index contributed by atoms with van der Waals surface area (Å²) >= 11 is 3.08. The number of thioether (sulfide) groups is 1. The molecule has 6 nitrogen and oxygen atoms in total. The van der Waals surface area contributed by atoms with Crippen LogP contribution in [0, 0.1) is 0 Å². The lowest BCUT2D eigenvalue weighted by molar-refractivity contribution is 0.173. The number of aromatic nitrogens is 2. The molecule has 8 heteroatoms. The summed E-state index contributed by atoms with van der Waals surface area (Å²) in [6.45, 7) is 0.241. The van der Waals surface area contributed by atoms with Crippen molar-refractivity contribution >= 4 is 28.2 Å². The number of aliphatic hydroxyl groups is 1. The first-order valence-electron chi connectivity index (χ1n) is 8.58. The summed E-state index contributed by atoms with van der Waals surface area (Å²) < 4.78 is 11.5. The van der Waals surface area contributed by atoms with Crippen LogP contribution < -0.4 is 14.8 Å². The van der Waals surface area contributed by atoms with E-state index >= 15 is 0 Å². The molecule has 2 aliphatic rings. The zero-order valence-electron chi connectivity index (χ0n) is 13.8. The van der Waals surface area contributed by atoms with E-state index in [0.717, 1.165) is 20.8 Å². The first-order valence-corrected chi connectivity index (χ1v) is 10.4. The van der Waals surface area contributed by atoms with Gasteiger partial charge in [0.05, 0.1) is 6.10 Å². The maximum atomic E-state index is 10.4. The van der Waals surface area contributed by atoms with E-state index in [1.54, 1.807) is 11.3 Å². The molecule has 4 rings (SSSR count). The molecular weight excluding hydrogens is 358 g/mol. The molecule has 1 aromatic heterocycles. The highest BCUT2D eigenvalue weighted by Crippen LogP contribution is 2.36. The average Bonchev–Trinajstić information content (AvgIpc) is 3.29. The molecule has 0 radical (unpaired) electrons. The molecular formula is C17H21N3O3S2. The zero-order chi connectivity index (χ0) is 17.1. The number of nitrogens with one attached hydrogen (secondary N) is 1. The van der Waals surface area contributed by atoms with E-state index in [4.69, 9.17) is 9.47 Å². The topological polar surface area (TPSA) is 76.5 Å². The molecule has 134 valence electrons. The molecule has 1 saturated carbocycles. The number of nitrogens with zero attached hydrogens (tertiary/aromatic N) is 2. The Morgan fingerprint density at radius 3 is 2.92 bits per heavy atom. The summed E-state index contributed by atoms with van der Waals surface area (Å²) in [5.41, 5.74) is 0.821. The van der Waals surface area contributed by atoms with Crippen LogP contribution in [0.5, 0.6) is 11.5 Å². The molecule has 1 aliphatic carbocycles. The van der Waals surface area contributed by atoms with Gasteiger partial charge in [-0.25, -0.2) is 0 Å². The van der Waals surface area contributed by atoms with E-state index in [2.05, 4.69) is 15.5 Å². The second kappa shape index (κ2) is 7.80. The van der Waals surface area contributed by atoms with Gasteiger partial charge in [-0.1, -0.05) is 48.4 Å². The van der Waals surface area contributed by atoms with Gasteiger partial charge in [0.2, 0.25) is 11.9 Å². The predicted octanol–water partition coefficient (Wildman–Crippen LogP) is 3.84. The number of ether oxygens (including phenoxy) is 2. The van der Waals surface area contributed by atoms with Gasteiger partial charge in [0.1, 0.15) is 0 Å². The van der Waals surface area contributed by atoms with Gasteiger partial charge in [-0.05, 0) is 30.5 Å². The Hall–Kier alpha value is -1.51. The fourth-order valence-electron chi connectivity index (χ4n) is 3.11. The Morgan fingerprint density at radius 1 is 1.20 bits per heavy atom. The van der Waals surface area contributed by atoms with Gasteiger partial charge in [-0.2, -0.15) is 0 Å². The van der Waals surface area contributed by atoms with E-state index in [0.29, 0.717) is 17.5 Å². The lowest BCUT2D eigenvalue weighted by atomic mass is 9.96. The van der Waals surface area contributed by atoms with Gasteiger partial charge in [-0.3, -0.25) is 0 Å². The van der Waals surface area contributed by atoms with Crippen molar-refractivity contribution in [2.75, 3.05) is 17.9 Å². The lowest BCUT2D eigenvalue weighted by Crippen LogP contribution is -2.21. The van der Waals surface area contributed by atoms with Gasteiger partial charge >= 0.3 is 0 Å². The minimum Gasteiger partial charge on any atom is -0.454 e. The molecule has 1 aromatic carbocycles. The van der Waals surface area contributed by atoms with Gasteiger partial charge < -0.3 is 19.9 Å². The number of benzene rings is 1. The van der Waals surface area contributed by atoms with Crippen molar-refractivity contribution in [1.82, 2.24) is 10.2 Å². The number of hydrogen-bond donors (Lipinski definition) is 2. The van der Waals surface area contributed by atoms with E-state index in [-0.39, 0.29) is 6.79 Å². The lowest BCUT2D eigenvalue weighted by Gasteiger charge is -2.21. The van der Waals surface area contributed by atoms with Crippen LogP contribution in [0.2, 0.25) is 0 Å². The van der Waals surface area contributed by atoms with Gasteiger partial charge in [0, 0.05) is 11.8 Å². The number of fused-ring (bicyclic) bond motifs is 1. The van der Waals surface area contributed by atoms with Gasteiger partial charge in [0.25, 0.3) is 0 Å². The third kappa shape index (κ3) is 4.19. The molecule has 2 N–H and O–H groups in total. The first-order chi connectivity index (χ1) is 12.3. The fraction of sp³-hybridized carbons (Fsp3) is 0.529. The SMILES string of the molecule is OC(CSc1nnc(NC2CCCCC2)s1)c1ccc2c(c1)OCO2. The maximum Gasteiger partial charge on any atom is 0.231 e. The minimum atomic E-state index is -0.585. The van der Waals surface area contributed by atoms with Crippen LogP contribution in [0.25, 0.3) is 0 Å². The van der Waals surface area contributed by atoms with Crippen molar-refractivity contribution in [2.24, 2.45) is 0 Å². The molecule has 0 bridgehead atoms. The number of rotatable bonds is 6. The summed E-state index contributed by atoms with van der Waals surface area (Å²) in [6.07, 6.45) is 5.76. The highest BCUT2D eigenvalue weighted by Gasteiger charge is 2.18. The monoisotopic (exact) mass is 379 g/mol. The van der Waals surface area contributed by atoms with Crippen molar-refractivity contribution in [1.29, 1.82) is 0 Å². The highest BCUT2D eigenvalue weighted by molar-refractivity contribution is 8.01. The molecule has 25 heavy (non-hydrogen) atoms. The normalized spacial score (nSPS) is 18.3. The molecule has 1 fully saturated rings. The third-order valence-electron chi connectivity index (χ3n) is 4.49. The van der Waals surface area contributed by atoms with Crippen molar-refractivity contribution < 1.29 is 14.6 Å². The molecule has 2 heterocycles. The van der Waals surface area contributed by atoms with E-state index in [1.807, 2.05) is 18.2 Å². The van der Waals surface area contributed by atoms with Crippen LogP contribution in [-0.2, 0) is 0 Å². The van der Waals surface area contributed by atoms with E-state index < -0.39 is 6.10 Å². The van der Waals surface area contributed by atoms with Crippen LogP contribution in [0.4, 0.5) is 5.13 Å². The molecule has 0 amide bonds. The second-order valence-corrected chi connectivity index (χ2v) is 8.54. The standard InChI is InChI=1S/C17H21N3O3S2/c21-13(11-6-7-14-15(8-11)23-10-22-14)9-24-17-20-19-16(25-17)18-12-4-2-1-3-5-12/h6-8,12-13,21H,1-5,9-10H2,(H,18,19). The average molecular weight is 380 g/mol. The smallest absolute Gasteiger partial charge is 0.231 e. The van der Waals surface area contributed by atoms with E-state index in [1.165, 1.54) is 43.9 Å². The van der Waals surface area contributed by atoms with E-state index in [9.17, 15) is 5.11 Å². The number of aliphatic hydroxyl groups excluding tert-OH is 1. The molecule has 0 saturated heterocycles. The zero-order valence-corrected chi connectivity index (χ0v) is 15.4. The largest absolute Gasteiger partial charge is 0.454 e. The molecule has 2 aromatic rings. The second-order valence-electron chi connectivity index (χ2n) is 6.29. The van der Waals surface area contributed by atoms with Gasteiger partial charge in [0.15, 0.2) is 15.8 Å². The quantitative estimate of drug-likeness (QED) is 0.739. The van der Waals surface area contributed by atoms with Gasteiger partial charge in [-0.15, -0.1) is 10.2 Å². The highest BCUT2D eigenvalue weighted by atomic mass is 32.2. The van der Waals surface area contributed by atoms with Crippen LogP contribution >= 0.6 is 23.1 Å². The molecule has 1 aliphatic heterocycles. The Morgan fingerprint density at radius 2 is 2.04 bits per heavy atom. The van der Waals surface area contributed by atoms with Crippen LogP contribution in [0.3, 0.4) is 0 Å². The Balaban J connectivity index is 1.30. The maximum absolute atomic E-state index is 10.4. The van der Waals surface area contributed by atoms with Crippen molar-refractivity contribution in [3.63, 3.8) is 0 Å². The van der Waals surface area contributed by atoms with Crippen LogP contribution in [-0.4, -0.2) is 33.9 Å². The first kappa shape index (κ1) is 16.9. The Kier molecular flexibility index (Phi) is 5.28. The Bertz CT molecular complexity index is 719. The summed E-state index contributed by atoms with van der Waals surface area (Å²) in [4.78, 5) is 0. The fourth-order valence-corrected chi connectivity index (χ4v) is 4.94. The predicted molar refractivity (Wildman–Crippen MR) is 98.7 cm³/mol. The number of hydrogen-bond acceptors (Lipinski definition) is 8. The molecule has 1 atom stereocenters. The third-order valence-corrected chi connectivity index (χ3v) is 6.55. The van der Waals surface area contributed by atoms with Crippen molar-refractivity contribution in [3.8, 4) is 11.5 Å². The van der Waals surface area contributed by atoms with Crippen LogP contribution in [0.1, 0.15) is 43.8 Å². The summed E-state index contributed by atoms with van der Waals surface area (Å²) in [5, 5.41) is 23.2. The number of anilines is 1. The van der Waals surface area contributed by atoms with Crippen LogP contribution in [0.15, 0.2) is 22.5 Å². The summed E-state index contributed by atoms with van der Waals surface area (Å²) in [6, 6.07) is 6.07. The Labute approximate surface area is 155 Å². The van der Waals surface area contributed by atoms with Crippen molar-refractivity contribution in [2.45, 2.75) is 48.6 Å².